The quantitative estimate of drug-likeness (QED) is 0.924. The molecule has 0 amide bonds. The number of alkyl halides is 3. The Bertz CT molecular complexity index is 581. The van der Waals surface area contributed by atoms with Gasteiger partial charge in [0.15, 0.2) is 0 Å². The third-order valence-electron chi connectivity index (χ3n) is 3.38. The molecule has 0 atom stereocenters. The predicted octanol–water partition coefficient (Wildman–Crippen LogP) is 2.36. The minimum absolute atomic E-state index is 0.214. The molecule has 1 heterocycles. The smallest absolute Gasteiger partial charge is 0.492 e. The van der Waals surface area contributed by atoms with Crippen molar-refractivity contribution in [1.82, 2.24) is 5.32 Å². The highest BCUT2D eigenvalue weighted by Gasteiger charge is 2.48. The molecule has 1 aliphatic rings. The average Bonchev–Trinajstić information content (AvgIpc) is 2.45. The van der Waals surface area contributed by atoms with Gasteiger partial charge in [0.05, 0.1) is 6.61 Å². The number of sulfone groups is 1. The van der Waals surface area contributed by atoms with E-state index in [-0.39, 0.29) is 18.3 Å². The third kappa shape index (κ3) is 3.68. The number of para-hydroxylation sites is 1. The first kappa shape index (κ1) is 16.1. The van der Waals surface area contributed by atoms with Gasteiger partial charge in [0.2, 0.25) is 0 Å². The Balaban J connectivity index is 2.17. The van der Waals surface area contributed by atoms with Crippen LogP contribution in [0, 0.1) is 5.92 Å². The summed E-state index contributed by atoms with van der Waals surface area (Å²) < 4.78 is 66.3. The third-order valence-corrected chi connectivity index (χ3v) is 4.90. The molecule has 1 aromatic rings. The fraction of sp³-hybridized carbons (Fsp3) is 0.538. The van der Waals surface area contributed by atoms with Gasteiger partial charge in [0.25, 0.3) is 9.84 Å². The van der Waals surface area contributed by atoms with E-state index in [0.717, 1.165) is 32.0 Å². The summed E-state index contributed by atoms with van der Waals surface area (Å²) in [4.78, 5) is -0.827. The summed E-state index contributed by atoms with van der Waals surface area (Å²) in [6.07, 6.45) is 1.71. The van der Waals surface area contributed by atoms with Crippen LogP contribution in [0.1, 0.15) is 12.8 Å². The summed E-state index contributed by atoms with van der Waals surface area (Å²) in [5.74, 6) is -0.0266. The summed E-state index contributed by atoms with van der Waals surface area (Å²) in [6, 6.07) is 4.86. The Morgan fingerprint density at radius 1 is 1.19 bits per heavy atom. The molecule has 0 bridgehead atoms. The lowest BCUT2D eigenvalue weighted by Gasteiger charge is -2.23. The van der Waals surface area contributed by atoms with Crippen LogP contribution in [0.3, 0.4) is 0 Å². The van der Waals surface area contributed by atoms with Crippen LogP contribution in [0.4, 0.5) is 13.2 Å². The number of hydrogen-bond acceptors (Lipinski definition) is 4. The van der Waals surface area contributed by atoms with Crippen molar-refractivity contribution in [3.63, 3.8) is 0 Å². The molecule has 4 nitrogen and oxygen atoms in total. The first-order valence-corrected chi connectivity index (χ1v) is 8.04. The molecule has 21 heavy (non-hydrogen) atoms. The first-order valence-electron chi connectivity index (χ1n) is 6.56. The molecular weight excluding hydrogens is 307 g/mol. The topological polar surface area (TPSA) is 55.4 Å². The lowest BCUT2D eigenvalue weighted by Crippen LogP contribution is -2.31. The van der Waals surface area contributed by atoms with Gasteiger partial charge in [-0.2, -0.15) is 13.2 Å². The van der Waals surface area contributed by atoms with Crippen molar-refractivity contribution in [3.05, 3.63) is 24.3 Å². The molecule has 1 aliphatic heterocycles. The number of piperidine rings is 1. The summed E-state index contributed by atoms with van der Waals surface area (Å²) in [7, 11) is -5.40. The van der Waals surface area contributed by atoms with Gasteiger partial charge in [-0.3, -0.25) is 0 Å². The zero-order valence-corrected chi connectivity index (χ0v) is 12.0. The fourth-order valence-corrected chi connectivity index (χ4v) is 3.07. The molecular formula is C13H16F3NO3S. The molecule has 1 saturated heterocycles. The Morgan fingerprint density at radius 3 is 2.43 bits per heavy atom. The maximum Gasteiger partial charge on any atom is 0.502 e. The Labute approximate surface area is 121 Å². The van der Waals surface area contributed by atoms with Crippen LogP contribution in [-0.4, -0.2) is 33.6 Å². The molecule has 0 saturated carbocycles. The van der Waals surface area contributed by atoms with Gasteiger partial charge in [-0.05, 0) is 44.0 Å². The average molecular weight is 323 g/mol. The minimum Gasteiger partial charge on any atom is -0.492 e. The molecule has 2 rings (SSSR count). The lowest BCUT2D eigenvalue weighted by atomic mass is 9.99. The minimum atomic E-state index is -5.40. The Morgan fingerprint density at radius 2 is 1.81 bits per heavy atom. The van der Waals surface area contributed by atoms with E-state index < -0.39 is 20.2 Å². The van der Waals surface area contributed by atoms with Gasteiger partial charge in [-0.15, -0.1) is 0 Å². The van der Waals surface area contributed by atoms with Gasteiger partial charge in [0.1, 0.15) is 10.6 Å². The van der Waals surface area contributed by atoms with Crippen LogP contribution in [0.25, 0.3) is 0 Å². The molecule has 0 aliphatic carbocycles. The van der Waals surface area contributed by atoms with Crippen molar-refractivity contribution in [3.8, 4) is 5.75 Å². The Hall–Kier alpha value is -1.28. The largest absolute Gasteiger partial charge is 0.502 e. The zero-order valence-electron chi connectivity index (χ0n) is 11.2. The molecule has 0 spiro atoms. The highest BCUT2D eigenvalue weighted by atomic mass is 32.2. The number of benzene rings is 1. The molecule has 0 unspecified atom stereocenters. The maximum absolute atomic E-state index is 12.6. The van der Waals surface area contributed by atoms with Gasteiger partial charge >= 0.3 is 5.51 Å². The van der Waals surface area contributed by atoms with Crippen molar-refractivity contribution in [2.24, 2.45) is 5.92 Å². The second kappa shape index (κ2) is 6.23. The molecule has 118 valence electrons. The van der Waals surface area contributed by atoms with E-state index in [1.807, 2.05) is 0 Å². The summed E-state index contributed by atoms with van der Waals surface area (Å²) in [5, 5.41) is 3.17. The van der Waals surface area contributed by atoms with Gasteiger partial charge in [-0.25, -0.2) is 8.42 Å². The van der Waals surface area contributed by atoms with E-state index in [0.29, 0.717) is 0 Å². The van der Waals surface area contributed by atoms with Crippen molar-refractivity contribution >= 4 is 9.84 Å². The number of hydrogen-bond donors (Lipinski definition) is 1. The SMILES string of the molecule is O=S(=O)(c1ccccc1OCC1CCNCC1)C(F)(F)F. The van der Waals surface area contributed by atoms with Crippen LogP contribution in [0.2, 0.25) is 0 Å². The van der Waals surface area contributed by atoms with E-state index in [1.54, 1.807) is 0 Å². The molecule has 0 radical (unpaired) electrons. The number of rotatable bonds is 4. The lowest BCUT2D eigenvalue weighted by molar-refractivity contribution is -0.0437. The van der Waals surface area contributed by atoms with Crippen LogP contribution in [-0.2, 0) is 9.84 Å². The van der Waals surface area contributed by atoms with Gasteiger partial charge < -0.3 is 10.1 Å². The number of nitrogens with one attached hydrogen (secondary N) is 1. The molecule has 0 aromatic heterocycles. The van der Waals surface area contributed by atoms with Crippen molar-refractivity contribution in [2.75, 3.05) is 19.7 Å². The first-order chi connectivity index (χ1) is 9.82. The van der Waals surface area contributed by atoms with E-state index >= 15 is 0 Å². The molecule has 1 N–H and O–H groups in total. The predicted molar refractivity (Wildman–Crippen MR) is 70.8 cm³/mol. The van der Waals surface area contributed by atoms with E-state index in [1.165, 1.54) is 18.2 Å². The van der Waals surface area contributed by atoms with E-state index in [9.17, 15) is 21.6 Å². The highest BCUT2D eigenvalue weighted by Crippen LogP contribution is 2.35. The normalized spacial score (nSPS) is 17.7. The summed E-state index contributed by atoms with van der Waals surface area (Å²) >= 11 is 0. The summed E-state index contributed by atoms with van der Waals surface area (Å²) in [5.41, 5.74) is -5.33. The van der Waals surface area contributed by atoms with Crippen molar-refractivity contribution in [1.29, 1.82) is 0 Å². The van der Waals surface area contributed by atoms with Crippen molar-refractivity contribution < 1.29 is 26.3 Å². The number of halogens is 3. The molecule has 8 heteroatoms. The van der Waals surface area contributed by atoms with E-state index in [2.05, 4.69) is 5.32 Å². The molecule has 1 aromatic carbocycles. The van der Waals surface area contributed by atoms with Crippen LogP contribution in [0.15, 0.2) is 29.2 Å². The fourth-order valence-electron chi connectivity index (χ4n) is 2.17. The second-order valence-electron chi connectivity index (χ2n) is 4.90. The monoisotopic (exact) mass is 323 g/mol. The van der Waals surface area contributed by atoms with Crippen LogP contribution in [0.5, 0.6) is 5.75 Å². The second-order valence-corrected chi connectivity index (χ2v) is 6.81. The zero-order chi connectivity index (χ0) is 15.5. The standard InChI is InChI=1S/C13H16F3NO3S/c14-13(15,16)21(18,19)12-4-2-1-3-11(12)20-9-10-5-7-17-8-6-10/h1-4,10,17H,5-9H2. The number of ether oxygens (including phenoxy) is 1. The van der Waals surface area contributed by atoms with Crippen LogP contribution >= 0.6 is 0 Å². The van der Waals surface area contributed by atoms with Crippen molar-refractivity contribution in [2.45, 2.75) is 23.2 Å². The molecule has 1 fully saturated rings. The van der Waals surface area contributed by atoms with Gasteiger partial charge in [-0.1, -0.05) is 12.1 Å². The maximum atomic E-state index is 12.6. The van der Waals surface area contributed by atoms with Crippen LogP contribution < -0.4 is 10.1 Å². The Kier molecular flexibility index (Phi) is 4.77. The van der Waals surface area contributed by atoms with E-state index in [4.69, 9.17) is 4.74 Å². The highest BCUT2D eigenvalue weighted by molar-refractivity contribution is 7.92. The van der Waals surface area contributed by atoms with Gasteiger partial charge in [0, 0.05) is 0 Å². The summed E-state index contributed by atoms with van der Waals surface area (Å²) in [6.45, 7) is 1.87.